The normalized spacial score (nSPS) is 16.6. The highest BCUT2D eigenvalue weighted by molar-refractivity contribution is 5.83. The molecule has 0 N–H and O–H groups in total. The highest BCUT2D eigenvalue weighted by Gasteiger charge is 2.22. The van der Waals surface area contributed by atoms with Crippen LogP contribution in [0, 0.1) is 12.8 Å². The van der Waals surface area contributed by atoms with E-state index < -0.39 is 0 Å². The molecule has 1 heterocycles. The van der Waals surface area contributed by atoms with Gasteiger partial charge in [-0.25, -0.2) is 0 Å². The number of hydrogen-bond acceptors (Lipinski definition) is 3. The topological polar surface area (TPSA) is 33.2 Å². The van der Waals surface area contributed by atoms with Crippen molar-refractivity contribution in [2.75, 3.05) is 13.1 Å². The minimum atomic E-state index is 0.309. The molecule has 2 rings (SSSR count). The lowest BCUT2D eigenvalue weighted by Crippen LogP contribution is -2.33. The molecule has 0 amide bonds. The van der Waals surface area contributed by atoms with Crippen molar-refractivity contribution >= 4 is 5.78 Å². The van der Waals surface area contributed by atoms with Gasteiger partial charge in [0.25, 0.3) is 0 Å². The number of pyridine rings is 1. The van der Waals surface area contributed by atoms with Crippen molar-refractivity contribution < 1.29 is 4.79 Å². The molecule has 20 heavy (non-hydrogen) atoms. The van der Waals surface area contributed by atoms with E-state index in [9.17, 15) is 4.79 Å². The van der Waals surface area contributed by atoms with Crippen LogP contribution in [0.5, 0.6) is 0 Å². The molecule has 0 bridgehead atoms. The number of carbonyl (C=O) groups excluding carboxylic acids is 1. The van der Waals surface area contributed by atoms with Crippen LogP contribution in [0.15, 0.2) is 18.2 Å². The molecule has 1 fully saturated rings. The van der Waals surface area contributed by atoms with Crippen LogP contribution in [0.3, 0.4) is 0 Å². The van der Waals surface area contributed by atoms with E-state index in [0.717, 1.165) is 37.3 Å². The Labute approximate surface area is 122 Å². The van der Waals surface area contributed by atoms with Gasteiger partial charge in [-0.3, -0.25) is 14.7 Å². The van der Waals surface area contributed by atoms with Gasteiger partial charge in [0.2, 0.25) is 0 Å². The Morgan fingerprint density at radius 2 is 2.05 bits per heavy atom. The molecule has 110 valence electrons. The number of Topliss-reactive ketones (excluding diaryl/α,β-unsaturated/α-hetero) is 1. The average Bonchev–Trinajstić information content (AvgIpc) is 2.47. The molecule has 3 nitrogen and oxygen atoms in total. The van der Waals surface area contributed by atoms with Crippen molar-refractivity contribution in [3.63, 3.8) is 0 Å². The fraction of sp³-hybridized carbons (Fsp3) is 0.647. The molecule has 0 spiro atoms. The van der Waals surface area contributed by atoms with Gasteiger partial charge in [-0.05, 0) is 38.4 Å². The van der Waals surface area contributed by atoms with E-state index in [4.69, 9.17) is 0 Å². The van der Waals surface area contributed by atoms with E-state index in [1.807, 2.05) is 25.1 Å². The first-order valence-electron chi connectivity index (χ1n) is 7.86. The van der Waals surface area contributed by atoms with E-state index in [1.165, 1.54) is 19.3 Å². The summed E-state index contributed by atoms with van der Waals surface area (Å²) in [5, 5.41) is 0. The second-order valence-electron chi connectivity index (χ2n) is 5.87. The summed E-state index contributed by atoms with van der Waals surface area (Å²) in [6.07, 6.45) is 5.94. The number of hydrogen-bond donors (Lipinski definition) is 0. The fourth-order valence-corrected chi connectivity index (χ4v) is 2.97. The monoisotopic (exact) mass is 274 g/mol. The predicted molar refractivity (Wildman–Crippen MR) is 81.5 cm³/mol. The first-order chi connectivity index (χ1) is 9.69. The smallest absolute Gasteiger partial charge is 0.149 e. The number of ketones is 1. The Morgan fingerprint density at radius 3 is 2.70 bits per heavy atom. The average molecular weight is 274 g/mol. The molecule has 0 saturated heterocycles. The van der Waals surface area contributed by atoms with E-state index in [-0.39, 0.29) is 0 Å². The molecular formula is C17H26N2O. The SMILES string of the molecule is CCN(CC(=O)C1CCCCC1)Cc1cccc(C)n1. The van der Waals surface area contributed by atoms with E-state index >= 15 is 0 Å². The zero-order chi connectivity index (χ0) is 14.4. The van der Waals surface area contributed by atoms with Gasteiger partial charge >= 0.3 is 0 Å². The number of aromatic nitrogens is 1. The molecule has 0 aromatic carbocycles. The maximum atomic E-state index is 12.4. The number of rotatable bonds is 6. The van der Waals surface area contributed by atoms with Crippen LogP contribution in [-0.2, 0) is 11.3 Å². The first-order valence-corrected chi connectivity index (χ1v) is 7.86. The van der Waals surface area contributed by atoms with Crippen LogP contribution in [0.1, 0.15) is 50.4 Å². The molecular weight excluding hydrogens is 248 g/mol. The van der Waals surface area contributed by atoms with Crippen LogP contribution < -0.4 is 0 Å². The Morgan fingerprint density at radius 1 is 1.30 bits per heavy atom. The largest absolute Gasteiger partial charge is 0.298 e. The lowest BCUT2D eigenvalue weighted by Gasteiger charge is -2.25. The third kappa shape index (κ3) is 4.41. The summed E-state index contributed by atoms with van der Waals surface area (Å²) in [6, 6.07) is 6.09. The van der Waals surface area contributed by atoms with E-state index in [2.05, 4.69) is 16.8 Å². The second kappa shape index (κ2) is 7.53. The summed E-state index contributed by atoms with van der Waals surface area (Å²) in [4.78, 5) is 19.1. The van der Waals surface area contributed by atoms with Crippen LogP contribution in [0.25, 0.3) is 0 Å². The van der Waals surface area contributed by atoms with Gasteiger partial charge in [-0.15, -0.1) is 0 Å². The molecule has 1 aliphatic carbocycles. The van der Waals surface area contributed by atoms with Crippen LogP contribution in [0.2, 0.25) is 0 Å². The van der Waals surface area contributed by atoms with Gasteiger partial charge < -0.3 is 0 Å². The highest BCUT2D eigenvalue weighted by Crippen LogP contribution is 2.24. The number of aryl methyl sites for hydroxylation is 1. The summed E-state index contributed by atoms with van der Waals surface area (Å²) < 4.78 is 0. The van der Waals surface area contributed by atoms with E-state index in [0.29, 0.717) is 18.2 Å². The minimum absolute atomic E-state index is 0.309. The zero-order valence-corrected chi connectivity index (χ0v) is 12.8. The Balaban J connectivity index is 1.89. The van der Waals surface area contributed by atoms with Gasteiger partial charge in [0.1, 0.15) is 5.78 Å². The number of likely N-dealkylation sites (N-methyl/N-ethyl adjacent to an activating group) is 1. The Kier molecular flexibility index (Phi) is 5.72. The third-order valence-electron chi connectivity index (χ3n) is 4.22. The summed E-state index contributed by atoms with van der Waals surface area (Å²) in [5.74, 6) is 0.738. The molecule has 1 aromatic heterocycles. The van der Waals surface area contributed by atoms with Crippen LogP contribution >= 0.6 is 0 Å². The van der Waals surface area contributed by atoms with Crippen molar-refractivity contribution in [3.05, 3.63) is 29.6 Å². The van der Waals surface area contributed by atoms with Crippen molar-refractivity contribution in [1.29, 1.82) is 0 Å². The molecule has 3 heteroatoms. The van der Waals surface area contributed by atoms with Crippen LogP contribution in [-0.4, -0.2) is 28.8 Å². The predicted octanol–water partition coefficient (Wildman–Crippen LogP) is 3.36. The van der Waals surface area contributed by atoms with Crippen molar-refractivity contribution in [2.24, 2.45) is 5.92 Å². The fourth-order valence-electron chi connectivity index (χ4n) is 2.97. The molecule has 0 aliphatic heterocycles. The minimum Gasteiger partial charge on any atom is -0.298 e. The summed E-state index contributed by atoms with van der Waals surface area (Å²) in [7, 11) is 0. The van der Waals surface area contributed by atoms with Crippen LogP contribution in [0.4, 0.5) is 0 Å². The number of nitrogens with zero attached hydrogens (tertiary/aromatic N) is 2. The van der Waals surface area contributed by atoms with Gasteiger partial charge in [0, 0.05) is 18.2 Å². The molecule has 1 saturated carbocycles. The van der Waals surface area contributed by atoms with Crippen molar-refractivity contribution in [1.82, 2.24) is 9.88 Å². The van der Waals surface area contributed by atoms with Crippen molar-refractivity contribution in [3.8, 4) is 0 Å². The highest BCUT2D eigenvalue weighted by atomic mass is 16.1. The Bertz CT molecular complexity index is 438. The second-order valence-corrected chi connectivity index (χ2v) is 5.87. The molecule has 0 unspecified atom stereocenters. The molecule has 1 aromatic rings. The maximum Gasteiger partial charge on any atom is 0.149 e. The van der Waals surface area contributed by atoms with Gasteiger partial charge in [0.05, 0.1) is 12.2 Å². The third-order valence-corrected chi connectivity index (χ3v) is 4.22. The van der Waals surface area contributed by atoms with Gasteiger partial charge in [0.15, 0.2) is 0 Å². The van der Waals surface area contributed by atoms with Gasteiger partial charge in [-0.1, -0.05) is 32.3 Å². The Hall–Kier alpha value is -1.22. The lowest BCUT2D eigenvalue weighted by atomic mass is 9.86. The number of carbonyl (C=O) groups is 1. The summed E-state index contributed by atoms with van der Waals surface area (Å²) in [5.41, 5.74) is 2.10. The van der Waals surface area contributed by atoms with Crippen molar-refractivity contribution in [2.45, 2.75) is 52.5 Å². The van der Waals surface area contributed by atoms with Gasteiger partial charge in [-0.2, -0.15) is 0 Å². The van der Waals surface area contributed by atoms with E-state index in [1.54, 1.807) is 0 Å². The molecule has 1 aliphatic rings. The lowest BCUT2D eigenvalue weighted by molar-refractivity contribution is -0.125. The first kappa shape index (κ1) is 15.2. The summed E-state index contributed by atoms with van der Waals surface area (Å²) >= 11 is 0. The molecule has 0 radical (unpaired) electrons. The standard InChI is InChI=1S/C17H26N2O/c1-3-19(12-16-11-7-8-14(2)18-16)13-17(20)15-9-5-4-6-10-15/h7-8,11,15H,3-6,9-10,12-13H2,1-2H3. The summed E-state index contributed by atoms with van der Waals surface area (Å²) in [6.45, 7) is 6.37. The quantitative estimate of drug-likeness (QED) is 0.797. The zero-order valence-electron chi connectivity index (χ0n) is 12.8. The maximum absolute atomic E-state index is 12.4. The molecule has 0 atom stereocenters.